The van der Waals surface area contributed by atoms with E-state index in [2.05, 4.69) is 5.10 Å². The van der Waals surface area contributed by atoms with Gasteiger partial charge in [-0.1, -0.05) is 12.1 Å². The van der Waals surface area contributed by atoms with E-state index < -0.39 is 5.97 Å². The highest BCUT2D eigenvalue weighted by Crippen LogP contribution is 2.29. The van der Waals surface area contributed by atoms with Gasteiger partial charge in [-0.3, -0.25) is 0 Å². The Kier molecular flexibility index (Phi) is 3.23. The van der Waals surface area contributed by atoms with Gasteiger partial charge in [0.1, 0.15) is 17.1 Å². The van der Waals surface area contributed by atoms with Crippen molar-refractivity contribution >= 4 is 17.3 Å². The van der Waals surface area contributed by atoms with Gasteiger partial charge in [-0.05, 0) is 36.1 Å². The molecule has 0 fully saturated rings. The molecule has 2 aromatic heterocycles. The molecular formula is C15H12N2O3S. The van der Waals surface area contributed by atoms with Crippen LogP contribution in [0.25, 0.3) is 16.3 Å². The Morgan fingerprint density at radius 1 is 1.29 bits per heavy atom. The molecule has 21 heavy (non-hydrogen) atoms. The number of aromatic carboxylic acids is 1. The van der Waals surface area contributed by atoms with E-state index >= 15 is 0 Å². The summed E-state index contributed by atoms with van der Waals surface area (Å²) >= 11 is 1.48. The lowest BCUT2D eigenvalue weighted by Crippen LogP contribution is -2.08. The number of aromatic nitrogens is 2. The van der Waals surface area contributed by atoms with Crippen LogP contribution >= 0.6 is 11.3 Å². The van der Waals surface area contributed by atoms with Gasteiger partial charge in [0.15, 0.2) is 5.69 Å². The minimum atomic E-state index is -1.09. The van der Waals surface area contributed by atoms with Gasteiger partial charge in [0, 0.05) is 6.07 Å². The van der Waals surface area contributed by atoms with Crippen molar-refractivity contribution in [2.45, 2.75) is 6.92 Å². The standard InChI is InChI=1S/C15H12N2O3S/c1-9-4-5-13(18)11(7-9)17-12(15(19)20)8-10(16-17)14-3-2-6-21-14/h2-8,18H,1H3,(H,19,20). The molecule has 1 aromatic carbocycles. The van der Waals surface area contributed by atoms with Crippen molar-refractivity contribution in [2.75, 3.05) is 0 Å². The highest BCUT2D eigenvalue weighted by molar-refractivity contribution is 7.13. The van der Waals surface area contributed by atoms with Crippen LogP contribution in [0.15, 0.2) is 41.8 Å². The fourth-order valence-electron chi connectivity index (χ4n) is 2.06. The lowest BCUT2D eigenvalue weighted by Gasteiger charge is -2.07. The average Bonchev–Trinajstić information content (AvgIpc) is 3.09. The third-order valence-electron chi connectivity index (χ3n) is 3.06. The van der Waals surface area contributed by atoms with Gasteiger partial charge in [-0.15, -0.1) is 11.3 Å². The van der Waals surface area contributed by atoms with E-state index in [0.717, 1.165) is 10.4 Å². The topological polar surface area (TPSA) is 75.3 Å². The second-order valence-corrected chi connectivity index (χ2v) is 5.55. The van der Waals surface area contributed by atoms with Gasteiger partial charge in [-0.25, -0.2) is 9.48 Å². The summed E-state index contributed by atoms with van der Waals surface area (Å²) in [5.41, 5.74) is 1.85. The molecular weight excluding hydrogens is 288 g/mol. The summed E-state index contributed by atoms with van der Waals surface area (Å²) < 4.78 is 1.26. The van der Waals surface area contributed by atoms with Gasteiger partial charge in [0.05, 0.1) is 4.88 Å². The van der Waals surface area contributed by atoms with Crippen LogP contribution in [0, 0.1) is 6.92 Å². The molecule has 106 valence electrons. The highest BCUT2D eigenvalue weighted by Gasteiger charge is 2.19. The molecule has 5 nitrogen and oxygen atoms in total. The van der Waals surface area contributed by atoms with Crippen molar-refractivity contribution in [1.29, 1.82) is 0 Å². The molecule has 0 aliphatic rings. The fraction of sp³-hybridized carbons (Fsp3) is 0.0667. The normalized spacial score (nSPS) is 10.7. The summed E-state index contributed by atoms with van der Waals surface area (Å²) in [5, 5.41) is 25.6. The van der Waals surface area contributed by atoms with E-state index in [-0.39, 0.29) is 11.4 Å². The monoisotopic (exact) mass is 300 g/mol. The molecule has 0 spiro atoms. The van der Waals surface area contributed by atoms with Gasteiger partial charge >= 0.3 is 5.97 Å². The second kappa shape index (κ2) is 5.06. The Bertz CT molecular complexity index is 806. The Morgan fingerprint density at radius 2 is 2.10 bits per heavy atom. The Labute approximate surface area is 124 Å². The number of aromatic hydroxyl groups is 1. The molecule has 0 amide bonds. The zero-order valence-corrected chi connectivity index (χ0v) is 12.0. The van der Waals surface area contributed by atoms with Gasteiger partial charge in [-0.2, -0.15) is 5.10 Å². The number of aryl methyl sites for hydroxylation is 1. The number of phenolic OH excluding ortho intramolecular Hbond substituents is 1. The van der Waals surface area contributed by atoms with Crippen molar-refractivity contribution in [2.24, 2.45) is 0 Å². The van der Waals surface area contributed by atoms with Crippen LogP contribution in [0.4, 0.5) is 0 Å². The molecule has 0 unspecified atom stereocenters. The summed E-state index contributed by atoms with van der Waals surface area (Å²) in [7, 11) is 0. The van der Waals surface area contributed by atoms with E-state index in [4.69, 9.17) is 0 Å². The molecule has 3 aromatic rings. The van der Waals surface area contributed by atoms with Gasteiger partial charge < -0.3 is 10.2 Å². The number of benzene rings is 1. The van der Waals surface area contributed by atoms with Crippen LogP contribution in [0.5, 0.6) is 5.75 Å². The smallest absolute Gasteiger partial charge is 0.354 e. The van der Waals surface area contributed by atoms with Gasteiger partial charge in [0.2, 0.25) is 0 Å². The van der Waals surface area contributed by atoms with Crippen LogP contribution in [0.2, 0.25) is 0 Å². The van der Waals surface area contributed by atoms with E-state index in [1.54, 1.807) is 12.1 Å². The summed E-state index contributed by atoms with van der Waals surface area (Å²) in [4.78, 5) is 12.3. The number of hydrogen-bond donors (Lipinski definition) is 2. The number of hydrogen-bond acceptors (Lipinski definition) is 4. The molecule has 0 radical (unpaired) electrons. The molecule has 0 aliphatic heterocycles. The third kappa shape index (κ3) is 2.41. The number of carboxylic acids is 1. The highest BCUT2D eigenvalue weighted by atomic mass is 32.1. The first kappa shape index (κ1) is 13.4. The second-order valence-electron chi connectivity index (χ2n) is 4.60. The van der Waals surface area contributed by atoms with E-state index in [1.165, 1.54) is 28.2 Å². The third-order valence-corrected chi connectivity index (χ3v) is 3.95. The van der Waals surface area contributed by atoms with Crippen LogP contribution in [0.1, 0.15) is 16.1 Å². The fourth-order valence-corrected chi connectivity index (χ4v) is 2.75. The summed E-state index contributed by atoms with van der Waals surface area (Å²) in [6.07, 6.45) is 0. The molecule has 0 saturated heterocycles. The van der Waals surface area contributed by atoms with Crippen LogP contribution < -0.4 is 0 Å². The van der Waals surface area contributed by atoms with Crippen molar-refractivity contribution in [3.8, 4) is 22.0 Å². The summed E-state index contributed by atoms with van der Waals surface area (Å²) in [5.74, 6) is -1.10. The molecule has 6 heteroatoms. The minimum Gasteiger partial charge on any atom is -0.506 e. The van der Waals surface area contributed by atoms with Crippen molar-refractivity contribution in [1.82, 2.24) is 9.78 Å². The molecule has 0 saturated carbocycles. The zero-order valence-electron chi connectivity index (χ0n) is 11.1. The predicted molar refractivity (Wildman–Crippen MR) is 80.2 cm³/mol. The summed E-state index contributed by atoms with van der Waals surface area (Å²) in [6, 6.07) is 10.2. The number of carboxylic acid groups (broad SMARTS) is 1. The number of phenols is 1. The first-order valence-corrected chi connectivity index (χ1v) is 7.11. The van der Waals surface area contributed by atoms with Crippen LogP contribution in [-0.4, -0.2) is 26.0 Å². The molecule has 2 N–H and O–H groups in total. The largest absolute Gasteiger partial charge is 0.506 e. The quantitative estimate of drug-likeness (QED) is 0.778. The van der Waals surface area contributed by atoms with Crippen molar-refractivity contribution in [3.05, 3.63) is 53.0 Å². The lowest BCUT2D eigenvalue weighted by atomic mass is 10.2. The first-order chi connectivity index (χ1) is 10.1. The SMILES string of the molecule is Cc1ccc(O)c(-n2nc(-c3cccs3)cc2C(=O)O)c1. The van der Waals surface area contributed by atoms with E-state index in [9.17, 15) is 15.0 Å². The summed E-state index contributed by atoms with van der Waals surface area (Å²) in [6.45, 7) is 1.87. The van der Waals surface area contributed by atoms with E-state index in [1.807, 2.05) is 24.4 Å². The maximum absolute atomic E-state index is 11.4. The Balaban J connectivity index is 2.21. The Hall–Kier alpha value is -2.60. The van der Waals surface area contributed by atoms with Crippen LogP contribution in [0.3, 0.4) is 0 Å². The predicted octanol–water partition coefficient (Wildman–Crippen LogP) is 3.31. The van der Waals surface area contributed by atoms with E-state index in [0.29, 0.717) is 11.4 Å². The van der Waals surface area contributed by atoms with Crippen molar-refractivity contribution in [3.63, 3.8) is 0 Å². The average molecular weight is 300 g/mol. The van der Waals surface area contributed by atoms with Crippen LogP contribution in [-0.2, 0) is 0 Å². The number of rotatable bonds is 3. The molecule has 0 atom stereocenters. The lowest BCUT2D eigenvalue weighted by molar-refractivity contribution is 0.0687. The molecule has 3 rings (SSSR count). The first-order valence-electron chi connectivity index (χ1n) is 6.23. The molecule has 0 aliphatic carbocycles. The molecule has 2 heterocycles. The van der Waals surface area contributed by atoms with Crippen molar-refractivity contribution < 1.29 is 15.0 Å². The number of thiophene rings is 1. The zero-order chi connectivity index (χ0) is 15.0. The maximum Gasteiger partial charge on any atom is 0.354 e. The number of nitrogens with zero attached hydrogens (tertiary/aromatic N) is 2. The Morgan fingerprint density at radius 3 is 2.76 bits per heavy atom. The maximum atomic E-state index is 11.4. The molecule has 0 bridgehead atoms. The number of carbonyl (C=O) groups is 1. The minimum absolute atomic E-state index is 0.0103. The van der Waals surface area contributed by atoms with Gasteiger partial charge in [0.25, 0.3) is 0 Å².